The molecule has 36 heavy (non-hydrogen) atoms. The molecular weight excluding hydrogens is 490 g/mol. The molecule has 4 N–H and O–H groups in total. The highest BCUT2D eigenvalue weighted by Crippen LogP contribution is 2.32. The summed E-state index contributed by atoms with van der Waals surface area (Å²) in [6.07, 6.45) is 0.778. The number of halogens is 2. The highest BCUT2D eigenvalue weighted by Gasteiger charge is 2.23. The lowest BCUT2D eigenvalue weighted by Crippen LogP contribution is -2.45. The van der Waals surface area contributed by atoms with Crippen molar-refractivity contribution in [3.63, 3.8) is 0 Å². The van der Waals surface area contributed by atoms with Crippen LogP contribution >= 0.6 is 11.5 Å². The number of nitrogens with zero attached hydrogens (tertiary/aromatic N) is 3. The SMILES string of the molecule is CN1CCN(CCCNC(=O)Nc2snc(OCc3c(F)cc4ccccc4c3F)c2C(N)=O)CC1. The van der Waals surface area contributed by atoms with Gasteiger partial charge in [-0.2, -0.15) is 4.37 Å². The molecule has 1 aliphatic rings. The van der Waals surface area contributed by atoms with Gasteiger partial charge in [-0.25, -0.2) is 13.6 Å². The molecule has 1 aromatic heterocycles. The van der Waals surface area contributed by atoms with Crippen molar-refractivity contribution in [3.8, 4) is 5.88 Å². The third kappa shape index (κ3) is 6.07. The average Bonchev–Trinajstić information content (AvgIpc) is 3.25. The summed E-state index contributed by atoms with van der Waals surface area (Å²) in [5, 5.41) is 6.06. The number of nitrogens with one attached hydrogen (secondary N) is 2. The molecule has 0 radical (unpaired) electrons. The quantitative estimate of drug-likeness (QED) is 0.376. The molecule has 1 fully saturated rings. The predicted octanol–water partition coefficient (Wildman–Crippen LogP) is 3.01. The van der Waals surface area contributed by atoms with Gasteiger partial charge in [-0.1, -0.05) is 24.3 Å². The molecule has 1 aliphatic heterocycles. The van der Waals surface area contributed by atoms with E-state index in [0.717, 1.165) is 50.7 Å². The number of carbonyl (C=O) groups is 2. The van der Waals surface area contributed by atoms with E-state index in [2.05, 4.69) is 31.9 Å². The van der Waals surface area contributed by atoms with Crippen molar-refractivity contribution in [1.82, 2.24) is 19.5 Å². The molecule has 0 bridgehead atoms. The predicted molar refractivity (Wildman–Crippen MR) is 134 cm³/mol. The van der Waals surface area contributed by atoms with Crippen LogP contribution in [0.2, 0.25) is 0 Å². The molecule has 0 atom stereocenters. The van der Waals surface area contributed by atoms with E-state index in [1.165, 1.54) is 12.1 Å². The van der Waals surface area contributed by atoms with Crippen molar-refractivity contribution >= 4 is 39.2 Å². The van der Waals surface area contributed by atoms with Crippen LogP contribution in [0.1, 0.15) is 22.3 Å². The first kappa shape index (κ1) is 25.7. The van der Waals surface area contributed by atoms with Crippen LogP contribution in [0.5, 0.6) is 5.88 Å². The number of carbonyl (C=O) groups excluding carboxylic acids is 2. The normalized spacial score (nSPS) is 14.6. The number of piperazine rings is 1. The molecule has 2 heterocycles. The second-order valence-electron chi connectivity index (χ2n) is 8.60. The van der Waals surface area contributed by atoms with E-state index in [9.17, 15) is 18.4 Å². The summed E-state index contributed by atoms with van der Waals surface area (Å²) < 4.78 is 38.8. The maximum Gasteiger partial charge on any atom is 0.319 e. The molecular formula is C24H28F2N6O3S. The van der Waals surface area contributed by atoms with E-state index < -0.39 is 30.2 Å². The number of anilines is 1. The van der Waals surface area contributed by atoms with Gasteiger partial charge in [0.2, 0.25) is 5.88 Å². The number of hydrogen-bond acceptors (Lipinski definition) is 7. The van der Waals surface area contributed by atoms with E-state index in [0.29, 0.717) is 11.9 Å². The summed E-state index contributed by atoms with van der Waals surface area (Å²) >= 11 is 0.793. The van der Waals surface area contributed by atoms with Gasteiger partial charge in [-0.05, 0) is 43.0 Å². The van der Waals surface area contributed by atoms with E-state index in [4.69, 9.17) is 10.5 Å². The van der Waals surface area contributed by atoms with Gasteiger partial charge in [0.1, 0.15) is 28.8 Å². The van der Waals surface area contributed by atoms with Gasteiger partial charge in [0.15, 0.2) is 0 Å². The molecule has 1 saturated heterocycles. The fourth-order valence-electron chi connectivity index (χ4n) is 3.99. The number of nitrogens with two attached hydrogens (primary N) is 1. The number of amides is 3. The van der Waals surface area contributed by atoms with Crippen molar-refractivity contribution < 1.29 is 23.1 Å². The highest BCUT2D eigenvalue weighted by atomic mass is 32.1. The molecule has 9 nitrogen and oxygen atoms in total. The highest BCUT2D eigenvalue weighted by molar-refractivity contribution is 7.11. The molecule has 3 amide bonds. The Morgan fingerprint density at radius 3 is 2.69 bits per heavy atom. The minimum absolute atomic E-state index is 0.0912. The van der Waals surface area contributed by atoms with Crippen molar-refractivity contribution in [1.29, 1.82) is 0 Å². The van der Waals surface area contributed by atoms with Crippen LogP contribution in [0.25, 0.3) is 10.8 Å². The summed E-state index contributed by atoms with van der Waals surface area (Å²) in [7, 11) is 2.10. The summed E-state index contributed by atoms with van der Waals surface area (Å²) in [5.41, 5.74) is 5.01. The topological polar surface area (TPSA) is 113 Å². The fourth-order valence-corrected chi connectivity index (χ4v) is 4.72. The summed E-state index contributed by atoms with van der Waals surface area (Å²) in [6, 6.07) is 7.18. The van der Waals surface area contributed by atoms with E-state index >= 15 is 0 Å². The molecule has 0 aliphatic carbocycles. The van der Waals surface area contributed by atoms with E-state index in [1.807, 2.05) is 0 Å². The van der Waals surface area contributed by atoms with Crippen molar-refractivity contribution in [2.75, 3.05) is 51.6 Å². The first-order valence-corrected chi connectivity index (χ1v) is 12.3. The standard InChI is InChI=1S/C24H28F2N6O3S/c1-31-9-11-32(12-10-31)8-4-7-28-24(34)29-23-19(21(27)33)22(30-36-23)35-14-17-18(25)13-15-5-2-3-6-16(15)20(17)26/h2-3,5-6,13H,4,7-12,14H2,1H3,(H2,27,33)(H2,28,29,34). The number of ether oxygens (including phenoxy) is 1. The number of rotatable bonds is 9. The molecule has 192 valence electrons. The smallest absolute Gasteiger partial charge is 0.319 e. The summed E-state index contributed by atoms with van der Waals surface area (Å²) in [5.74, 6) is -2.62. The first-order valence-electron chi connectivity index (χ1n) is 11.6. The molecule has 2 aromatic carbocycles. The largest absolute Gasteiger partial charge is 0.471 e. The lowest BCUT2D eigenvalue weighted by atomic mass is 10.1. The summed E-state index contributed by atoms with van der Waals surface area (Å²) in [4.78, 5) is 29.0. The molecule has 3 aromatic rings. The number of aromatic nitrogens is 1. The Balaban J connectivity index is 1.34. The first-order chi connectivity index (χ1) is 17.3. The third-order valence-corrected chi connectivity index (χ3v) is 6.80. The molecule has 0 spiro atoms. The van der Waals surface area contributed by atoms with Crippen LogP contribution in [0.3, 0.4) is 0 Å². The van der Waals surface area contributed by atoms with Crippen LogP contribution < -0.4 is 21.1 Å². The number of urea groups is 1. The number of likely N-dealkylation sites (N-methyl/N-ethyl adjacent to an activating group) is 1. The second kappa shape index (κ2) is 11.6. The van der Waals surface area contributed by atoms with Crippen LogP contribution in [0.4, 0.5) is 18.6 Å². The van der Waals surface area contributed by atoms with Crippen LogP contribution in [-0.2, 0) is 6.61 Å². The van der Waals surface area contributed by atoms with E-state index in [-0.39, 0.29) is 27.4 Å². The number of primary amides is 1. The fraction of sp³-hybridized carbons (Fsp3) is 0.375. The molecule has 12 heteroatoms. The monoisotopic (exact) mass is 518 g/mol. The van der Waals surface area contributed by atoms with Gasteiger partial charge >= 0.3 is 6.03 Å². The Bertz CT molecular complexity index is 1250. The Morgan fingerprint density at radius 1 is 1.19 bits per heavy atom. The number of fused-ring (bicyclic) bond motifs is 1. The lowest BCUT2D eigenvalue weighted by Gasteiger charge is -2.32. The number of hydrogen-bond donors (Lipinski definition) is 3. The minimum atomic E-state index is -0.886. The Kier molecular flexibility index (Phi) is 8.28. The van der Waals surface area contributed by atoms with Crippen LogP contribution in [-0.4, -0.2) is 72.4 Å². The van der Waals surface area contributed by atoms with Gasteiger partial charge in [-0.15, -0.1) is 0 Å². The zero-order valence-corrected chi connectivity index (χ0v) is 20.7. The Hall–Kier alpha value is -3.35. The molecule has 0 unspecified atom stereocenters. The molecule has 0 saturated carbocycles. The number of benzene rings is 2. The Labute approximate surface area is 211 Å². The molecule has 4 rings (SSSR count). The zero-order valence-electron chi connectivity index (χ0n) is 19.9. The second-order valence-corrected chi connectivity index (χ2v) is 9.37. The van der Waals surface area contributed by atoms with Gasteiger partial charge in [0.25, 0.3) is 5.91 Å². The zero-order chi connectivity index (χ0) is 25.7. The van der Waals surface area contributed by atoms with Gasteiger partial charge in [0.05, 0.1) is 5.56 Å². The van der Waals surface area contributed by atoms with Crippen molar-refractivity contribution in [2.45, 2.75) is 13.0 Å². The van der Waals surface area contributed by atoms with Gasteiger partial charge in [-0.3, -0.25) is 10.1 Å². The van der Waals surface area contributed by atoms with Crippen molar-refractivity contribution in [2.24, 2.45) is 5.73 Å². The minimum Gasteiger partial charge on any atom is -0.471 e. The van der Waals surface area contributed by atoms with E-state index in [1.54, 1.807) is 18.2 Å². The lowest BCUT2D eigenvalue weighted by molar-refractivity contribution is 0.0996. The van der Waals surface area contributed by atoms with Gasteiger partial charge in [0, 0.05) is 38.1 Å². The Morgan fingerprint density at radius 2 is 1.94 bits per heavy atom. The van der Waals surface area contributed by atoms with Gasteiger partial charge < -0.3 is 25.6 Å². The average molecular weight is 519 g/mol. The maximum absolute atomic E-state index is 14.9. The third-order valence-electron chi connectivity index (χ3n) is 6.05. The maximum atomic E-state index is 14.9. The van der Waals surface area contributed by atoms with Crippen LogP contribution in [0, 0.1) is 11.6 Å². The van der Waals surface area contributed by atoms with Crippen molar-refractivity contribution in [3.05, 3.63) is 53.1 Å². The van der Waals surface area contributed by atoms with Crippen LogP contribution in [0.15, 0.2) is 30.3 Å². The summed E-state index contributed by atoms with van der Waals surface area (Å²) in [6.45, 7) is 4.88.